The Bertz CT molecular complexity index is 1890. The molecule has 0 bridgehead atoms. The van der Waals surface area contributed by atoms with Crippen LogP contribution in [0.3, 0.4) is 0 Å². The third-order valence-corrected chi connectivity index (χ3v) is 12.7. The smallest absolute Gasteiger partial charge is 0.323 e. The summed E-state index contributed by atoms with van der Waals surface area (Å²) >= 11 is 6.53. The molecule has 2 N–H and O–H groups in total. The first-order valence-corrected chi connectivity index (χ1v) is 20.0. The summed E-state index contributed by atoms with van der Waals surface area (Å²) in [5, 5.41) is 5.77. The van der Waals surface area contributed by atoms with Crippen LogP contribution in [0.5, 0.6) is 0 Å². The molecule has 14 nitrogen and oxygen atoms in total. The Hall–Kier alpha value is -3.64. The number of imide groups is 2. The maximum absolute atomic E-state index is 13.4. The van der Waals surface area contributed by atoms with Gasteiger partial charge < -0.3 is 9.32 Å². The molecular formula is C35H41BrN8O6S2. The van der Waals surface area contributed by atoms with Gasteiger partial charge in [0.2, 0.25) is 17.7 Å². The molecule has 1 atom stereocenters. The molecule has 4 aliphatic heterocycles. The van der Waals surface area contributed by atoms with Crippen LogP contribution in [0.15, 0.2) is 37.6 Å². The number of thiazole rings is 1. The molecule has 6 amide bonds. The number of nitrogens with one attached hydrogen (secondary N) is 2. The van der Waals surface area contributed by atoms with Crippen LogP contribution in [0.2, 0.25) is 0 Å². The van der Waals surface area contributed by atoms with Crippen molar-refractivity contribution in [2.45, 2.75) is 80.5 Å². The Kier molecular flexibility index (Phi) is 10.6. The van der Waals surface area contributed by atoms with E-state index in [-0.39, 0.29) is 35.4 Å². The molecule has 17 heteroatoms. The van der Waals surface area contributed by atoms with Crippen molar-refractivity contribution in [2.75, 3.05) is 44.6 Å². The lowest BCUT2D eigenvalue weighted by molar-refractivity contribution is -0.136. The predicted molar refractivity (Wildman–Crippen MR) is 198 cm³/mol. The molecule has 3 fully saturated rings. The number of carbonyl (C=O) groups excluding carboxylic acids is 5. The van der Waals surface area contributed by atoms with Crippen LogP contribution in [0, 0.1) is 0 Å². The normalized spacial score (nSPS) is 20.8. The van der Waals surface area contributed by atoms with Gasteiger partial charge in [0.1, 0.15) is 11.8 Å². The molecule has 1 unspecified atom stereocenters. The highest BCUT2D eigenvalue weighted by atomic mass is 79.9. The lowest BCUT2D eigenvalue weighted by Crippen LogP contribution is -2.54. The van der Waals surface area contributed by atoms with Crippen LogP contribution < -0.4 is 10.6 Å². The number of oxazole rings is 1. The summed E-state index contributed by atoms with van der Waals surface area (Å²) in [6.45, 7) is 11.6. The fourth-order valence-electron chi connectivity index (χ4n) is 7.10. The molecule has 276 valence electrons. The van der Waals surface area contributed by atoms with E-state index < -0.39 is 29.7 Å². The lowest BCUT2D eigenvalue weighted by atomic mass is 9.94. The third kappa shape index (κ3) is 7.83. The lowest BCUT2D eigenvalue weighted by Gasteiger charge is -2.42. The molecule has 0 aliphatic carbocycles. The van der Waals surface area contributed by atoms with Gasteiger partial charge in [-0.05, 0) is 66.0 Å². The quantitative estimate of drug-likeness (QED) is 0.240. The minimum atomic E-state index is -0.995. The monoisotopic (exact) mass is 812 g/mol. The Morgan fingerprint density at radius 3 is 2.46 bits per heavy atom. The minimum Gasteiger partial charge on any atom is -0.444 e. The van der Waals surface area contributed by atoms with Crippen molar-refractivity contribution in [3.63, 3.8) is 0 Å². The van der Waals surface area contributed by atoms with Crippen LogP contribution in [0.1, 0.15) is 84.4 Å². The maximum Gasteiger partial charge on any atom is 0.323 e. The topological polar surface area (TPSA) is 161 Å². The second-order valence-electron chi connectivity index (χ2n) is 14.5. The van der Waals surface area contributed by atoms with Gasteiger partial charge in [-0.1, -0.05) is 32.1 Å². The fraction of sp³-hybridized carbons (Fsp3) is 0.514. The average molecular weight is 814 g/mol. The first-order valence-electron chi connectivity index (χ1n) is 17.4. The zero-order valence-corrected chi connectivity index (χ0v) is 32.5. The van der Waals surface area contributed by atoms with Crippen molar-refractivity contribution in [1.82, 2.24) is 34.9 Å². The standard InChI is InChI=1S/C35H41BrN8O6S2/c1-35(2,3)25-16-37-27(50-25)19-51-28-17-38-33(52-28)40-34(49)43-12-10-42(11-13-43)21-6-8-41(9-7-21)18-20-14-22-29(23(36)15-20)32(48)44(31(22)47)24-4-5-26(45)39-30(24)46/h14-17,21,24H,4-13,18-19H2,1-3H3,(H,38,40,49)(H,39,45,46). The Morgan fingerprint density at radius 1 is 1.02 bits per heavy atom. The van der Waals surface area contributed by atoms with Crippen molar-refractivity contribution in [3.05, 3.63) is 57.3 Å². The summed E-state index contributed by atoms with van der Waals surface area (Å²) in [6, 6.07) is 2.93. The second kappa shape index (κ2) is 15.0. The van der Waals surface area contributed by atoms with E-state index in [2.05, 4.69) is 67.1 Å². The number of fused-ring (bicyclic) bond motifs is 1. The SMILES string of the molecule is CC(C)(C)c1cnc(CSc2cnc(NC(=O)N3CCN(C4CCN(Cc5cc(Br)c6c(c5)C(=O)N(C5CCC(=O)NC5=O)C6=O)CC4)CC3)s2)o1. The number of thioether (sulfide) groups is 1. The van der Waals surface area contributed by atoms with Crippen LogP contribution in [-0.2, 0) is 27.3 Å². The number of benzene rings is 1. The molecule has 4 aliphatic rings. The highest BCUT2D eigenvalue weighted by Gasteiger charge is 2.45. The van der Waals surface area contributed by atoms with E-state index in [1.54, 1.807) is 30.2 Å². The predicted octanol–water partition coefficient (Wildman–Crippen LogP) is 4.70. The zero-order chi connectivity index (χ0) is 36.7. The summed E-state index contributed by atoms with van der Waals surface area (Å²) in [6.07, 6.45) is 5.73. The first-order chi connectivity index (χ1) is 24.8. The van der Waals surface area contributed by atoms with E-state index in [1.807, 2.05) is 11.0 Å². The second-order valence-corrected chi connectivity index (χ2v) is 17.7. The molecular weight excluding hydrogens is 772 g/mol. The molecule has 52 heavy (non-hydrogen) atoms. The van der Waals surface area contributed by atoms with Crippen molar-refractivity contribution in [3.8, 4) is 0 Å². The molecule has 6 heterocycles. The van der Waals surface area contributed by atoms with Crippen LogP contribution in [-0.4, -0.2) is 111 Å². The number of urea groups is 1. The van der Waals surface area contributed by atoms with E-state index in [0.29, 0.717) is 46.9 Å². The Morgan fingerprint density at radius 2 is 1.77 bits per heavy atom. The van der Waals surface area contributed by atoms with Gasteiger partial charge in [0.15, 0.2) is 5.13 Å². The number of nitrogens with zero attached hydrogens (tertiary/aromatic N) is 6. The van der Waals surface area contributed by atoms with E-state index >= 15 is 0 Å². The van der Waals surface area contributed by atoms with E-state index in [0.717, 1.165) is 59.5 Å². The highest BCUT2D eigenvalue weighted by Crippen LogP contribution is 2.35. The van der Waals surface area contributed by atoms with Crippen molar-refractivity contribution in [2.24, 2.45) is 0 Å². The molecule has 3 saturated heterocycles. The average Bonchev–Trinajstić information content (AvgIpc) is 3.83. The number of rotatable bonds is 8. The number of anilines is 1. The molecule has 7 rings (SSSR count). The first kappa shape index (κ1) is 36.7. The van der Waals surface area contributed by atoms with Crippen LogP contribution >= 0.6 is 39.0 Å². The molecule has 0 spiro atoms. The van der Waals surface area contributed by atoms with E-state index in [4.69, 9.17) is 4.42 Å². The number of hydrogen-bond donors (Lipinski definition) is 2. The number of amides is 6. The van der Waals surface area contributed by atoms with E-state index in [9.17, 15) is 24.0 Å². The molecule has 0 saturated carbocycles. The number of halogens is 1. The van der Waals surface area contributed by atoms with Gasteiger partial charge in [0, 0.05) is 55.1 Å². The van der Waals surface area contributed by atoms with Crippen molar-refractivity contribution < 1.29 is 28.4 Å². The van der Waals surface area contributed by atoms with E-state index in [1.165, 1.54) is 11.3 Å². The highest BCUT2D eigenvalue weighted by molar-refractivity contribution is 9.10. The van der Waals surface area contributed by atoms with Gasteiger partial charge in [-0.25, -0.2) is 14.8 Å². The fourth-order valence-corrected chi connectivity index (χ4v) is 9.49. The minimum absolute atomic E-state index is 0.0800. The number of likely N-dealkylation sites (tertiary alicyclic amines) is 1. The van der Waals surface area contributed by atoms with Gasteiger partial charge in [-0.2, -0.15) is 0 Å². The van der Waals surface area contributed by atoms with Crippen molar-refractivity contribution in [1.29, 1.82) is 0 Å². The van der Waals surface area contributed by atoms with Gasteiger partial charge in [0.25, 0.3) is 11.8 Å². The maximum atomic E-state index is 13.4. The molecule has 2 aromatic heterocycles. The van der Waals surface area contributed by atoms with Gasteiger partial charge >= 0.3 is 6.03 Å². The van der Waals surface area contributed by atoms with Crippen molar-refractivity contribution >= 4 is 73.8 Å². The van der Waals surface area contributed by atoms with Crippen LogP contribution in [0.25, 0.3) is 0 Å². The summed E-state index contributed by atoms with van der Waals surface area (Å²) in [5.41, 5.74) is 1.36. The van der Waals surface area contributed by atoms with Crippen LogP contribution in [0.4, 0.5) is 9.93 Å². The van der Waals surface area contributed by atoms with Gasteiger partial charge in [-0.15, -0.1) is 11.8 Å². The molecule has 3 aromatic rings. The zero-order valence-electron chi connectivity index (χ0n) is 29.3. The molecule has 0 radical (unpaired) electrons. The Labute approximate surface area is 318 Å². The number of hydrogen-bond acceptors (Lipinski definition) is 12. The summed E-state index contributed by atoms with van der Waals surface area (Å²) in [4.78, 5) is 80.2. The number of piperidine rings is 2. The summed E-state index contributed by atoms with van der Waals surface area (Å²) in [7, 11) is 0. The molecule has 1 aromatic carbocycles. The number of aromatic nitrogens is 2. The summed E-state index contributed by atoms with van der Waals surface area (Å²) in [5.74, 6) is 0.0674. The largest absolute Gasteiger partial charge is 0.444 e. The van der Waals surface area contributed by atoms with Gasteiger partial charge in [0.05, 0.1) is 33.5 Å². The third-order valence-electron chi connectivity index (χ3n) is 9.96. The number of carbonyl (C=O) groups is 5. The summed E-state index contributed by atoms with van der Waals surface area (Å²) < 4.78 is 7.38. The van der Waals surface area contributed by atoms with Gasteiger partial charge in [-0.3, -0.25) is 44.5 Å². The number of piperazine rings is 1. The Balaban J connectivity index is 0.853.